The first kappa shape index (κ1) is 18.7. The second kappa shape index (κ2) is 7.95. The molecule has 1 aromatic rings. The molecule has 1 fully saturated rings. The van der Waals surface area contributed by atoms with Crippen molar-refractivity contribution < 1.29 is 4.79 Å². The Labute approximate surface area is 147 Å². The highest BCUT2D eigenvalue weighted by atomic mass is 31.0. The van der Waals surface area contributed by atoms with Crippen LogP contribution >= 0.6 is 9.24 Å². The van der Waals surface area contributed by atoms with Crippen molar-refractivity contribution >= 4 is 20.7 Å². The van der Waals surface area contributed by atoms with Gasteiger partial charge in [-0.05, 0) is 48.5 Å². The number of allylic oxidation sites excluding steroid dienone is 1. The molecular formula is C20H27N2OP. The maximum absolute atomic E-state index is 12.0. The molecule has 1 aliphatic carbocycles. The number of carbonyl (C=O) groups is 1. The van der Waals surface area contributed by atoms with Gasteiger partial charge in [-0.2, -0.15) is 5.26 Å². The van der Waals surface area contributed by atoms with Crippen LogP contribution in [0.4, 0.5) is 5.69 Å². The van der Waals surface area contributed by atoms with Crippen LogP contribution in [0.25, 0.3) is 0 Å². The Morgan fingerprint density at radius 2 is 2.25 bits per heavy atom. The van der Waals surface area contributed by atoms with Crippen molar-refractivity contribution in [2.24, 2.45) is 5.41 Å². The van der Waals surface area contributed by atoms with E-state index >= 15 is 0 Å². The van der Waals surface area contributed by atoms with Gasteiger partial charge in [0.25, 0.3) is 0 Å². The average Bonchev–Trinajstić information content (AvgIpc) is 2.56. The molecule has 0 N–H and O–H groups in total. The Balaban J connectivity index is 2.37. The predicted molar refractivity (Wildman–Crippen MR) is 103 cm³/mol. The van der Waals surface area contributed by atoms with Gasteiger partial charge in [-0.1, -0.05) is 26.0 Å². The first-order chi connectivity index (χ1) is 11.4. The van der Waals surface area contributed by atoms with Gasteiger partial charge in [-0.25, -0.2) is 0 Å². The van der Waals surface area contributed by atoms with E-state index in [1.165, 1.54) is 0 Å². The number of anilines is 1. The van der Waals surface area contributed by atoms with Crippen molar-refractivity contribution in [2.45, 2.75) is 52.1 Å². The molecule has 24 heavy (non-hydrogen) atoms. The fraction of sp³-hybridized carbons (Fsp3) is 0.500. The Morgan fingerprint density at radius 3 is 2.92 bits per heavy atom. The fourth-order valence-electron chi connectivity index (χ4n) is 3.34. The molecule has 1 saturated carbocycles. The summed E-state index contributed by atoms with van der Waals surface area (Å²) in [4.78, 5) is 14.3. The molecule has 0 bridgehead atoms. The Bertz CT molecular complexity index is 677. The average molecular weight is 342 g/mol. The van der Waals surface area contributed by atoms with E-state index in [0.717, 1.165) is 30.6 Å². The minimum Gasteiger partial charge on any atom is -0.347 e. The van der Waals surface area contributed by atoms with Crippen LogP contribution in [0.15, 0.2) is 30.5 Å². The zero-order valence-electron chi connectivity index (χ0n) is 14.9. The number of Topliss-reactive ketones (excluding diaryl/α,β-unsaturated/α-hetero) is 1. The molecule has 0 heterocycles. The second-order valence-electron chi connectivity index (χ2n) is 7.05. The van der Waals surface area contributed by atoms with Crippen molar-refractivity contribution in [3.63, 3.8) is 0 Å². The summed E-state index contributed by atoms with van der Waals surface area (Å²) in [5.74, 6) is 0.359. The quantitative estimate of drug-likeness (QED) is 0.735. The van der Waals surface area contributed by atoms with E-state index in [1.54, 1.807) is 0 Å². The summed E-state index contributed by atoms with van der Waals surface area (Å²) in [7, 11) is 2.94. The van der Waals surface area contributed by atoms with Crippen LogP contribution in [-0.2, 0) is 4.79 Å². The monoisotopic (exact) mass is 342 g/mol. The standard InChI is InChI=1S/C20H27N2OP/c1-4-5-10-22(18-11-16(13-21)7-6-15(18)2)14-20(3)12-17(23)8-9-19(20)24/h5-7,10-11,19H,4,8-9,12,14,24H2,1-3H3/b10-5-. The van der Waals surface area contributed by atoms with E-state index in [-0.39, 0.29) is 5.41 Å². The number of hydrogen-bond acceptors (Lipinski definition) is 3. The van der Waals surface area contributed by atoms with Gasteiger partial charge in [-0.3, -0.25) is 4.79 Å². The zero-order valence-corrected chi connectivity index (χ0v) is 16.0. The van der Waals surface area contributed by atoms with Crippen molar-refractivity contribution in [3.8, 4) is 6.07 Å². The van der Waals surface area contributed by atoms with E-state index in [1.807, 2.05) is 18.2 Å². The first-order valence-electron chi connectivity index (χ1n) is 8.61. The number of rotatable bonds is 5. The molecule has 2 rings (SSSR count). The van der Waals surface area contributed by atoms with E-state index in [0.29, 0.717) is 29.8 Å². The highest BCUT2D eigenvalue weighted by Crippen LogP contribution is 2.41. The van der Waals surface area contributed by atoms with Crippen LogP contribution in [0.5, 0.6) is 0 Å². The van der Waals surface area contributed by atoms with Gasteiger partial charge in [0.2, 0.25) is 0 Å². The van der Waals surface area contributed by atoms with Crippen LogP contribution in [0.2, 0.25) is 0 Å². The third-order valence-electron chi connectivity index (χ3n) is 4.93. The van der Waals surface area contributed by atoms with Crippen LogP contribution in [0, 0.1) is 23.7 Å². The predicted octanol–water partition coefficient (Wildman–Crippen LogP) is 4.60. The summed E-state index contributed by atoms with van der Waals surface area (Å²) >= 11 is 0. The maximum Gasteiger partial charge on any atom is 0.133 e. The summed E-state index contributed by atoms with van der Waals surface area (Å²) in [6.45, 7) is 7.16. The van der Waals surface area contributed by atoms with Gasteiger partial charge >= 0.3 is 0 Å². The normalized spacial score (nSPS) is 24.1. The van der Waals surface area contributed by atoms with Crippen molar-refractivity contribution in [3.05, 3.63) is 41.6 Å². The van der Waals surface area contributed by atoms with Gasteiger partial charge in [0.15, 0.2) is 0 Å². The van der Waals surface area contributed by atoms with E-state index in [4.69, 9.17) is 0 Å². The van der Waals surface area contributed by atoms with E-state index in [9.17, 15) is 10.1 Å². The summed E-state index contributed by atoms with van der Waals surface area (Å²) < 4.78 is 0. The molecule has 1 aromatic carbocycles. The molecule has 3 atom stereocenters. The highest BCUT2D eigenvalue weighted by Gasteiger charge is 2.38. The van der Waals surface area contributed by atoms with Crippen LogP contribution in [-0.4, -0.2) is 18.0 Å². The lowest BCUT2D eigenvalue weighted by Crippen LogP contribution is -2.44. The molecule has 0 radical (unpaired) electrons. The Morgan fingerprint density at radius 1 is 1.50 bits per heavy atom. The first-order valence-corrected chi connectivity index (χ1v) is 9.27. The van der Waals surface area contributed by atoms with Gasteiger partial charge in [-0.15, -0.1) is 9.24 Å². The topological polar surface area (TPSA) is 44.1 Å². The largest absolute Gasteiger partial charge is 0.347 e. The minimum atomic E-state index is -0.0762. The number of aryl methyl sites for hydroxylation is 1. The van der Waals surface area contributed by atoms with Crippen LogP contribution in [0.1, 0.15) is 50.7 Å². The number of nitriles is 1. The summed E-state index contributed by atoms with van der Waals surface area (Å²) in [5.41, 5.74) is 3.20. The number of ketones is 1. The third kappa shape index (κ3) is 4.25. The third-order valence-corrected chi connectivity index (χ3v) is 6.07. The molecule has 4 heteroatoms. The van der Waals surface area contributed by atoms with Crippen LogP contribution < -0.4 is 4.90 Å². The van der Waals surface area contributed by atoms with Crippen molar-refractivity contribution in [1.82, 2.24) is 0 Å². The van der Waals surface area contributed by atoms with E-state index in [2.05, 4.69) is 53.3 Å². The number of nitrogens with zero attached hydrogens (tertiary/aromatic N) is 2. The minimum absolute atomic E-state index is 0.0762. The number of benzene rings is 1. The molecule has 0 amide bonds. The highest BCUT2D eigenvalue weighted by molar-refractivity contribution is 7.17. The molecule has 3 nitrogen and oxygen atoms in total. The zero-order chi connectivity index (χ0) is 17.7. The maximum atomic E-state index is 12.0. The van der Waals surface area contributed by atoms with Crippen molar-refractivity contribution in [1.29, 1.82) is 5.26 Å². The molecule has 0 saturated heterocycles. The van der Waals surface area contributed by atoms with Gasteiger partial charge < -0.3 is 4.90 Å². The van der Waals surface area contributed by atoms with Crippen LogP contribution in [0.3, 0.4) is 0 Å². The SMILES string of the molecule is CC/C=C\N(CC1(C)CC(=O)CCC1P)c1cc(C#N)ccc1C. The molecule has 0 aliphatic heterocycles. The molecule has 0 spiro atoms. The molecule has 3 unspecified atom stereocenters. The van der Waals surface area contributed by atoms with Gasteiger partial charge in [0.05, 0.1) is 11.6 Å². The number of carbonyl (C=O) groups excluding carboxylic acids is 1. The van der Waals surface area contributed by atoms with Gasteiger partial charge in [0, 0.05) is 31.3 Å². The summed E-state index contributed by atoms with van der Waals surface area (Å²) in [6.07, 6.45) is 7.43. The molecular weight excluding hydrogens is 315 g/mol. The summed E-state index contributed by atoms with van der Waals surface area (Å²) in [5, 5.41) is 9.23. The lowest BCUT2D eigenvalue weighted by molar-refractivity contribution is -0.122. The lowest BCUT2D eigenvalue weighted by atomic mass is 9.74. The number of hydrogen-bond donors (Lipinski definition) is 0. The molecule has 128 valence electrons. The van der Waals surface area contributed by atoms with Gasteiger partial charge in [0.1, 0.15) is 5.78 Å². The van der Waals surface area contributed by atoms with E-state index < -0.39 is 0 Å². The Hall–Kier alpha value is -1.65. The smallest absolute Gasteiger partial charge is 0.133 e. The molecule has 1 aliphatic rings. The lowest BCUT2D eigenvalue weighted by Gasteiger charge is -2.42. The molecule has 0 aromatic heterocycles. The van der Waals surface area contributed by atoms with Crippen molar-refractivity contribution in [2.75, 3.05) is 11.4 Å². The Kier molecular flexibility index (Phi) is 6.19. The fourth-order valence-corrected chi connectivity index (χ4v) is 3.73. The second-order valence-corrected chi connectivity index (χ2v) is 7.85. The summed E-state index contributed by atoms with van der Waals surface area (Å²) in [6, 6.07) is 8.02.